The first-order valence-corrected chi connectivity index (χ1v) is 10.7. The number of hydrogen-bond acceptors (Lipinski definition) is 1. The molecule has 0 N–H and O–H groups in total. The molecule has 0 unspecified atom stereocenters. The molecular formula is C24H31F3O. The van der Waals surface area contributed by atoms with Crippen LogP contribution in [0.4, 0.5) is 13.2 Å². The van der Waals surface area contributed by atoms with E-state index in [9.17, 15) is 13.2 Å². The molecule has 154 valence electrons. The molecular weight excluding hydrogens is 361 g/mol. The van der Waals surface area contributed by atoms with Crippen LogP contribution in [0, 0.1) is 11.8 Å². The fourth-order valence-electron chi connectivity index (χ4n) is 4.49. The lowest BCUT2D eigenvalue weighted by Crippen LogP contribution is -2.17. The summed E-state index contributed by atoms with van der Waals surface area (Å²) in [5.74, 6) is 1.60. The van der Waals surface area contributed by atoms with Gasteiger partial charge in [0.05, 0.1) is 0 Å². The van der Waals surface area contributed by atoms with Gasteiger partial charge < -0.3 is 4.74 Å². The molecule has 0 aliphatic heterocycles. The van der Waals surface area contributed by atoms with Gasteiger partial charge in [0, 0.05) is 0 Å². The van der Waals surface area contributed by atoms with Crippen LogP contribution in [0.3, 0.4) is 0 Å². The van der Waals surface area contributed by atoms with E-state index in [2.05, 4.69) is 17.7 Å². The quantitative estimate of drug-likeness (QED) is 0.413. The van der Waals surface area contributed by atoms with Gasteiger partial charge in [-0.25, -0.2) is 0 Å². The second-order valence-electron chi connectivity index (χ2n) is 8.31. The van der Waals surface area contributed by atoms with Crippen molar-refractivity contribution in [2.24, 2.45) is 11.8 Å². The van der Waals surface area contributed by atoms with Crippen molar-refractivity contribution in [2.45, 2.75) is 77.5 Å². The van der Waals surface area contributed by atoms with Crippen molar-refractivity contribution >= 4 is 10.8 Å². The molecule has 3 rings (SSSR count). The maximum absolute atomic E-state index is 12.4. The largest absolute Gasteiger partial charge is 0.573 e. The summed E-state index contributed by atoms with van der Waals surface area (Å²) in [6.45, 7) is 2.26. The Bertz CT molecular complexity index is 745. The minimum atomic E-state index is -4.65. The summed E-state index contributed by atoms with van der Waals surface area (Å²) < 4.78 is 41.1. The van der Waals surface area contributed by atoms with E-state index in [1.54, 1.807) is 6.07 Å². The molecule has 2 aromatic carbocycles. The Morgan fingerprint density at radius 3 is 2.18 bits per heavy atom. The monoisotopic (exact) mass is 392 g/mol. The minimum absolute atomic E-state index is 0.163. The van der Waals surface area contributed by atoms with Gasteiger partial charge in [-0.2, -0.15) is 0 Å². The molecule has 0 aromatic heterocycles. The van der Waals surface area contributed by atoms with Crippen LogP contribution < -0.4 is 4.74 Å². The molecule has 0 saturated heterocycles. The smallest absolute Gasteiger partial charge is 0.406 e. The number of fused-ring (bicyclic) bond motifs is 1. The van der Waals surface area contributed by atoms with Crippen LogP contribution in [0.2, 0.25) is 0 Å². The van der Waals surface area contributed by atoms with Crippen LogP contribution in [0.1, 0.15) is 70.3 Å². The van der Waals surface area contributed by atoms with Crippen molar-refractivity contribution in [3.8, 4) is 5.75 Å². The van der Waals surface area contributed by atoms with Gasteiger partial charge in [0.15, 0.2) is 0 Å². The van der Waals surface area contributed by atoms with Crippen molar-refractivity contribution in [3.05, 3.63) is 42.0 Å². The number of aryl methyl sites for hydroxylation is 1. The Hall–Kier alpha value is -1.71. The number of halogens is 3. The highest BCUT2D eigenvalue weighted by Gasteiger charge is 2.31. The van der Waals surface area contributed by atoms with E-state index in [4.69, 9.17) is 0 Å². The van der Waals surface area contributed by atoms with E-state index < -0.39 is 6.36 Å². The number of benzene rings is 2. The fourth-order valence-corrected chi connectivity index (χ4v) is 4.49. The standard InChI is InChI=1S/C24H31F3O/c1-2-3-4-5-18-6-8-19(9-7-18)10-11-20-12-13-22-17-23(28-24(25,26)27)15-14-21(22)16-20/h12-19H,2-11H2,1H3. The van der Waals surface area contributed by atoms with E-state index in [0.29, 0.717) is 0 Å². The molecule has 2 aromatic rings. The number of unbranched alkanes of at least 4 members (excludes halogenated alkanes) is 2. The van der Waals surface area contributed by atoms with Gasteiger partial charge in [-0.3, -0.25) is 0 Å². The zero-order valence-corrected chi connectivity index (χ0v) is 16.7. The van der Waals surface area contributed by atoms with E-state index in [1.165, 1.54) is 75.5 Å². The van der Waals surface area contributed by atoms with Crippen LogP contribution >= 0.6 is 0 Å². The van der Waals surface area contributed by atoms with Crippen molar-refractivity contribution in [1.29, 1.82) is 0 Å². The third kappa shape index (κ3) is 6.42. The van der Waals surface area contributed by atoms with E-state index in [-0.39, 0.29) is 5.75 Å². The summed E-state index contributed by atoms with van der Waals surface area (Å²) >= 11 is 0. The number of rotatable bonds is 8. The van der Waals surface area contributed by atoms with Gasteiger partial charge in [-0.1, -0.05) is 82.6 Å². The predicted molar refractivity (Wildman–Crippen MR) is 109 cm³/mol. The number of hydrogen-bond donors (Lipinski definition) is 0. The summed E-state index contributed by atoms with van der Waals surface area (Å²) in [5, 5.41) is 1.74. The molecule has 0 heterocycles. The molecule has 1 fully saturated rings. The van der Waals surface area contributed by atoms with Crippen LogP contribution in [-0.4, -0.2) is 6.36 Å². The third-order valence-corrected chi connectivity index (χ3v) is 6.13. The summed E-state index contributed by atoms with van der Waals surface area (Å²) in [6, 6.07) is 10.6. The molecule has 4 heteroatoms. The average Bonchev–Trinajstić information content (AvgIpc) is 2.66. The Morgan fingerprint density at radius 1 is 0.857 bits per heavy atom. The maximum Gasteiger partial charge on any atom is 0.573 e. The van der Waals surface area contributed by atoms with Crippen molar-refractivity contribution in [2.75, 3.05) is 0 Å². The predicted octanol–water partition coefficient (Wildman–Crippen LogP) is 8.06. The normalized spacial score (nSPS) is 20.4. The SMILES string of the molecule is CCCCCC1CCC(CCc2ccc3cc(OC(F)(F)F)ccc3c2)CC1. The van der Waals surface area contributed by atoms with Crippen LogP contribution in [-0.2, 0) is 6.42 Å². The molecule has 0 spiro atoms. The summed E-state index contributed by atoms with van der Waals surface area (Å²) in [6.07, 6.45) is 8.54. The second kappa shape index (κ2) is 9.67. The Labute approximate surface area is 166 Å². The highest BCUT2D eigenvalue weighted by atomic mass is 19.4. The summed E-state index contributed by atoms with van der Waals surface area (Å²) in [5.41, 5.74) is 1.27. The van der Waals surface area contributed by atoms with Crippen molar-refractivity contribution in [3.63, 3.8) is 0 Å². The highest BCUT2D eigenvalue weighted by Crippen LogP contribution is 2.34. The first-order chi connectivity index (χ1) is 13.4. The Balaban J connectivity index is 1.49. The van der Waals surface area contributed by atoms with Gasteiger partial charge in [0.25, 0.3) is 0 Å². The van der Waals surface area contributed by atoms with Gasteiger partial charge >= 0.3 is 6.36 Å². The lowest BCUT2D eigenvalue weighted by Gasteiger charge is -2.28. The van der Waals surface area contributed by atoms with E-state index >= 15 is 0 Å². The molecule has 1 aliphatic rings. The van der Waals surface area contributed by atoms with E-state index in [1.807, 2.05) is 12.1 Å². The van der Waals surface area contributed by atoms with Crippen LogP contribution in [0.25, 0.3) is 10.8 Å². The van der Waals surface area contributed by atoms with Gasteiger partial charge in [-0.15, -0.1) is 13.2 Å². The van der Waals surface area contributed by atoms with Gasteiger partial charge in [-0.05, 0) is 53.1 Å². The average molecular weight is 393 g/mol. The molecule has 1 aliphatic carbocycles. The molecule has 0 bridgehead atoms. The number of ether oxygens (including phenoxy) is 1. The molecule has 0 radical (unpaired) electrons. The number of alkyl halides is 3. The molecule has 0 atom stereocenters. The van der Waals surface area contributed by atoms with E-state index in [0.717, 1.165) is 29.0 Å². The lowest BCUT2D eigenvalue weighted by atomic mass is 9.77. The molecule has 28 heavy (non-hydrogen) atoms. The zero-order valence-electron chi connectivity index (χ0n) is 16.7. The first kappa shape index (κ1) is 21.0. The topological polar surface area (TPSA) is 9.23 Å². The first-order valence-electron chi connectivity index (χ1n) is 10.7. The Kier molecular flexibility index (Phi) is 7.25. The Morgan fingerprint density at radius 2 is 1.50 bits per heavy atom. The molecule has 1 nitrogen and oxygen atoms in total. The third-order valence-electron chi connectivity index (χ3n) is 6.13. The lowest BCUT2D eigenvalue weighted by molar-refractivity contribution is -0.274. The second-order valence-corrected chi connectivity index (χ2v) is 8.31. The summed E-state index contributed by atoms with van der Waals surface area (Å²) in [4.78, 5) is 0. The van der Waals surface area contributed by atoms with Crippen LogP contribution in [0.5, 0.6) is 5.75 Å². The highest BCUT2D eigenvalue weighted by molar-refractivity contribution is 5.84. The van der Waals surface area contributed by atoms with Gasteiger partial charge in [0.1, 0.15) is 5.75 Å². The molecule has 0 amide bonds. The van der Waals surface area contributed by atoms with Gasteiger partial charge in [0.2, 0.25) is 0 Å². The minimum Gasteiger partial charge on any atom is -0.406 e. The zero-order chi connectivity index (χ0) is 20.0. The van der Waals surface area contributed by atoms with Crippen molar-refractivity contribution in [1.82, 2.24) is 0 Å². The fraction of sp³-hybridized carbons (Fsp3) is 0.583. The maximum atomic E-state index is 12.4. The summed E-state index contributed by atoms with van der Waals surface area (Å²) in [7, 11) is 0. The van der Waals surface area contributed by atoms with Crippen LogP contribution in [0.15, 0.2) is 36.4 Å². The molecule has 1 saturated carbocycles. The van der Waals surface area contributed by atoms with Crippen molar-refractivity contribution < 1.29 is 17.9 Å².